The van der Waals surface area contributed by atoms with Crippen molar-refractivity contribution in [2.24, 2.45) is 0 Å². The number of nitrogens with zero attached hydrogens (tertiary/aromatic N) is 2. The van der Waals surface area contributed by atoms with E-state index in [0.717, 1.165) is 15.1 Å². The maximum Gasteiger partial charge on any atom is 0.373 e. The molecule has 5 nitrogen and oxygen atoms in total. The van der Waals surface area contributed by atoms with Gasteiger partial charge in [0.05, 0.1) is 12.9 Å². The number of thioether (sulfide) groups is 1. The predicted octanol–water partition coefficient (Wildman–Crippen LogP) is 3.09. The molecule has 0 radical (unpaired) electrons. The summed E-state index contributed by atoms with van der Waals surface area (Å²) in [7, 11) is 1.33. The van der Waals surface area contributed by atoms with Gasteiger partial charge in [-0.2, -0.15) is 0 Å². The molecule has 0 saturated heterocycles. The fourth-order valence-corrected chi connectivity index (χ4v) is 3.51. The zero-order valence-electron chi connectivity index (χ0n) is 10.3. The SMILES string of the molecule is COC(=O)c1ccc(CSc2nnc(C3CC3)s2)o1. The number of carbonyl (C=O) groups is 1. The van der Waals surface area contributed by atoms with E-state index in [4.69, 9.17) is 4.42 Å². The van der Waals surface area contributed by atoms with Gasteiger partial charge in [-0.3, -0.25) is 0 Å². The van der Waals surface area contributed by atoms with Crippen molar-refractivity contribution in [3.05, 3.63) is 28.7 Å². The van der Waals surface area contributed by atoms with Crippen LogP contribution < -0.4 is 0 Å². The molecule has 19 heavy (non-hydrogen) atoms. The van der Waals surface area contributed by atoms with E-state index >= 15 is 0 Å². The molecule has 0 bridgehead atoms. The third-order valence-electron chi connectivity index (χ3n) is 2.73. The number of ether oxygens (including phenoxy) is 1. The lowest BCUT2D eigenvalue weighted by atomic mass is 10.4. The highest BCUT2D eigenvalue weighted by Gasteiger charge is 2.27. The summed E-state index contributed by atoms with van der Waals surface area (Å²) >= 11 is 3.22. The second kappa shape index (κ2) is 5.34. The maximum atomic E-state index is 11.2. The first kappa shape index (κ1) is 12.7. The molecule has 0 atom stereocenters. The van der Waals surface area contributed by atoms with E-state index in [1.165, 1.54) is 20.0 Å². The Morgan fingerprint density at radius 1 is 1.53 bits per heavy atom. The van der Waals surface area contributed by atoms with Gasteiger partial charge in [-0.1, -0.05) is 23.1 Å². The summed E-state index contributed by atoms with van der Waals surface area (Å²) in [4.78, 5) is 11.2. The molecule has 1 saturated carbocycles. The van der Waals surface area contributed by atoms with Crippen molar-refractivity contribution in [2.75, 3.05) is 7.11 Å². The van der Waals surface area contributed by atoms with Crippen molar-refractivity contribution in [1.82, 2.24) is 10.2 Å². The van der Waals surface area contributed by atoms with Crippen LogP contribution in [0.25, 0.3) is 0 Å². The van der Waals surface area contributed by atoms with E-state index in [1.54, 1.807) is 35.2 Å². The Hall–Kier alpha value is -1.34. The van der Waals surface area contributed by atoms with Gasteiger partial charge in [-0.25, -0.2) is 4.79 Å². The molecule has 0 N–H and O–H groups in total. The number of hydrogen-bond donors (Lipinski definition) is 0. The van der Waals surface area contributed by atoms with Crippen LogP contribution in [0.15, 0.2) is 20.9 Å². The first-order chi connectivity index (χ1) is 9.26. The number of hydrogen-bond acceptors (Lipinski definition) is 7. The van der Waals surface area contributed by atoms with Crippen LogP contribution in [0.5, 0.6) is 0 Å². The zero-order chi connectivity index (χ0) is 13.2. The Kier molecular flexibility index (Phi) is 3.56. The lowest BCUT2D eigenvalue weighted by Crippen LogP contribution is -1.98. The minimum atomic E-state index is -0.455. The summed E-state index contributed by atoms with van der Waals surface area (Å²) in [5.41, 5.74) is 0. The number of esters is 1. The van der Waals surface area contributed by atoms with Crippen LogP contribution in [0.3, 0.4) is 0 Å². The quantitative estimate of drug-likeness (QED) is 0.624. The topological polar surface area (TPSA) is 65.2 Å². The van der Waals surface area contributed by atoms with E-state index < -0.39 is 5.97 Å². The van der Waals surface area contributed by atoms with Gasteiger partial charge in [-0.15, -0.1) is 10.2 Å². The van der Waals surface area contributed by atoms with Crippen LogP contribution in [0.2, 0.25) is 0 Å². The van der Waals surface area contributed by atoms with Gasteiger partial charge < -0.3 is 9.15 Å². The van der Waals surface area contributed by atoms with E-state index in [2.05, 4.69) is 14.9 Å². The number of rotatable bonds is 5. The van der Waals surface area contributed by atoms with Crippen LogP contribution in [-0.4, -0.2) is 23.3 Å². The first-order valence-electron chi connectivity index (χ1n) is 5.89. The normalized spacial score (nSPS) is 14.6. The lowest BCUT2D eigenvalue weighted by Gasteiger charge is -1.94. The Bertz CT molecular complexity index is 589. The van der Waals surface area contributed by atoms with Gasteiger partial charge in [0.1, 0.15) is 10.8 Å². The molecule has 3 rings (SSSR count). The van der Waals surface area contributed by atoms with Gasteiger partial charge in [-0.05, 0) is 25.0 Å². The molecule has 1 aliphatic rings. The number of carbonyl (C=O) groups excluding carboxylic acids is 1. The molecule has 1 fully saturated rings. The van der Waals surface area contributed by atoms with Crippen LogP contribution in [0.4, 0.5) is 0 Å². The number of aromatic nitrogens is 2. The van der Waals surface area contributed by atoms with Crippen molar-refractivity contribution in [1.29, 1.82) is 0 Å². The molecule has 2 heterocycles. The second-order valence-electron chi connectivity index (χ2n) is 4.23. The fourth-order valence-electron chi connectivity index (χ4n) is 1.57. The van der Waals surface area contributed by atoms with Gasteiger partial charge in [0.25, 0.3) is 0 Å². The molecule has 100 valence electrons. The minimum Gasteiger partial charge on any atom is -0.463 e. The summed E-state index contributed by atoms with van der Waals surface area (Å²) in [6.07, 6.45) is 2.47. The molecule has 1 aliphatic carbocycles. The average Bonchev–Trinajstić information content (AvgIpc) is 3.00. The largest absolute Gasteiger partial charge is 0.463 e. The van der Waals surface area contributed by atoms with Gasteiger partial charge in [0.2, 0.25) is 5.76 Å². The van der Waals surface area contributed by atoms with Gasteiger partial charge in [0.15, 0.2) is 4.34 Å². The molecule has 0 aliphatic heterocycles. The molecule has 0 unspecified atom stereocenters. The molecule has 0 spiro atoms. The monoisotopic (exact) mass is 296 g/mol. The van der Waals surface area contributed by atoms with E-state index in [9.17, 15) is 4.79 Å². The highest BCUT2D eigenvalue weighted by Crippen LogP contribution is 2.42. The van der Waals surface area contributed by atoms with E-state index in [-0.39, 0.29) is 5.76 Å². The van der Waals surface area contributed by atoms with Crippen molar-refractivity contribution >= 4 is 29.1 Å². The molecular formula is C12H12N2O3S2. The van der Waals surface area contributed by atoms with Crippen LogP contribution in [0, 0.1) is 0 Å². The molecule has 7 heteroatoms. The Morgan fingerprint density at radius 3 is 3.11 bits per heavy atom. The summed E-state index contributed by atoms with van der Waals surface area (Å²) in [5, 5.41) is 9.47. The standard InChI is InChI=1S/C12H12N2O3S2/c1-16-11(15)9-5-4-8(17-9)6-18-12-14-13-10(19-12)7-2-3-7/h4-5,7H,2-3,6H2,1H3. The summed E-state index contributed by atoms with van der Waals surface area (Å²) in [6, 6.07) is 3.40. The Balaban J connectivity index is 1.58. The minimum absolute atomic E-state index is 0.231. The molecule has 0 aromatic carbocycles. The average molecular weight is 296 g/mol. The van der Waals surface area contributed by atoms with Gasteiger partial charge >= 0.3 is 5.97 Å². The van der Waals surface area contributed by atoms with Gasteiger partial charge in [0, 0.05) is 5.92 Å². The number of methoxy groups -OCH3 is 1. The maximum absolute atomic E-state index is 11.2. The summed E-state index contributed by atoms with van der Waals surface area (Å²) in [5.74, 6) is 1.78. The predicted molar refractivity (Wildman–Crippen MR) is 71.5 cm³/mol. The fraction of sp³-hybridized carbons (Fsp3) is 0.417. The summed E-state index contributed by atoms with van der Waals surface area (Å²) in [6.45, 7) is 0. The zero-order valence-corrected chi connectivity index (χ0v) is 11.9. The molecule has 2 aromatic rings. The van der Waals surface area contributed by atoms with Crippen molar-refractivity contribution < 1.29 is 13.9 Å². The van der Waals surface area contributed by atoms with Crippen molar-refractivity contribution in [3.63, 3.8) is 0 Å². The molecule has 2 aromatic heterocycles. The first-order valence-corrected chi connectivity index (χ1v) is 7.69. The van der Waals surface area contributed by atoms with Crippen LogP contribution >= 0.6 is 23.1 Å². The van der Waals surface area contributed by atoms with Crippen LogP contribution in [-0.2, 0) is 10.5 Å². The lowest BCUT2D eigenvalue weighted by molar-refractivity contribution is 0.0563. The highest BCUT2D eigenvalue weighted by molar-refractivity contribution is 8.00. The van der Waals surface area contributed by atoms with Crippen molar-refractivity contribution in [2.45, 2.75) is 28.9 Å². The second-order valence-corrected chi connectivity index (χ2v) is 6.46. The molecule has 0 amide bonds. The third kappa shape index (κ3) is 2.98. The smallest absolute Gasteiger partial charge is 0.373 e. The Morgan fingerprint density at radius 2 is 2.37 bits per heavy atom. The Labute approximate surface area is 118 Å². The highest BCUT2D eigenvalue weighted by atomic mass is 32.2. The molecular weight excluding hydrogens is 284 g/mol. The van der Waals surface area contributed by atoms with E-state index in [0.29, 0.717) is 11.7 Å². The number of furan rings is 1. The third-order valence-corrected chi connectivity index (χ3v) is 4.98. The van der Waals surface area contributed by atoms with E-state index in [1.807, 2.05) is 0 Å². The van der Waals surface area contributed by atoms with Crippen LogP contribution in [0.1, 0.15) is 40.1 Å². The van der Waals surface area contributed by atoms with Crippen molar-refractivity contribution in [3.8, 4) is 0 Å². The summed E-state index contributed by atoms with van der Waals surface area (Å²) < 4.78 is 10.9.